The van der Waals surface area contributed by atoms with Crippen molar-refractivity contribution in [3.63, 3.8) is 0 Å². The first-order valence-corrected chi connectivity index (χ1v) is 9.27. The third-order valence-corrected chi connectivity index (χ3v) is 5.38. The number of anilines is 1. The minimum Gasteiger partial charge on any atom is -0.305 e. The Balaban J connectivity index is 1.75. The Labute approximate surface area is 163 Å². The average Bonchev–Trinajstić information content (AvgIpc) is 3.33. The Hall–Kier alpha value is -2.72. The highest BCUT2D eigenvalue weighted by Crippen LogP contribution is 2.43. The van der Waals surface area contributed by atoms with Crippen LogP contribution in [0.1, 0.15) is 15.9 Å². The van der Waals surface area contributed by atoms with Crippen molar-refractivity contribution in [3.05, 3.63) is 45.1 Å². The van der Waals surface area contributed by atoms with Gasteiger partial charge in [0.25, 0.3) is 0 Å². The van der Waals surface area contributed by atoms with Crippen molar-refractivity contribution in [1.82, 2.24) is 26.2 Å². The van der Waals surface area contributed by atoms with Crippen LogP contribution in [-0.4, -0.2) is 41.2 Å². The summed E-state index contributed by atoms with van der Waals surface area (Å²) < 4.78 is 0.622. The van der Waals surface area contributed by atoms with Crippen LogP contribution in [0.5, 0.6) is 0 Å². The SMILES string of the molecule is CNN(NC)C(=O)Nc1cccc2c1C(=O)c1c(-c3csc(Cl)c3)n[nH]c1-2. The van der Waals surface area contributed by atoms with Gasteiger partial charge >= 0.3 is 6.03 Å². The van der Waals surface area contributed by atoms with Crippen LogP contribution in [-0.2, 0) is 0 Å². The number of nitrogens with zero attached hydrogens (tertiary/aromatic N) is 2. The molecule has 0 fully saturated rings. The highest BCUT2D eigenvalue weighted by Gasteiger charge is 2.35. The van der Waals surface area contributed by atoms with E-state index in [4.69, 9.17) is 11.6 Å². The summed E-state index contributed by atoms with van der Waals surface area (Å²) in [6.45, 7) is 0. The molecule has 0 bridgehead atoms. The molecule has 1 aliphatic rings. The molecule has 3 aromatic rings. The van der Waals surface area contributed by atoms with Gasteiger partial charge in [-0.05, 0) is 12.1 Å². The Morgan fingerprint density at radius 1 is 1.26 bits per heavy atom. The Morgan fingerprint density at radius 2 is 2.04 bits per heavy atom. The van der Waals surface area contributed by atoms with Gasteiger partial charge in [-0.2, -0.15) is 10.2 Å². The summed E-state index contributed by atoms with van der Waals surface area (Å²) in [5, 5.41) is 13.0. The maximum absolute atomic E-state index is 13.2. The van der Waals surface area contributed by atoms with Crippen LogP contribution >= 0.6 is 22.9 Å². The van der Waals surface area contributed by atoms with Gasteiger partial charge in [0.2, 0.25) is 0 Å². The lowest BCUT2D eigenvalue weighted by molar-refractivity contribution is 0.104. The summed E-state index contributed by atoms with van der Waals surface area (Å²) in [7, 11) is 3.21. The number of benzene rings is 1. The topological polar surface area (TPSA) is 102 Å². The highest BCUT2D eigenvalue weighted by atomic mass is 35.5. The minimum atomic E-state index is -0.445. The van der Waals surface area contributed by atoms with Crippen LogP contribution in [0.25, 0.3) is 22.5 Å². The molecule has 4 rings (SSSR count). The molecular weight excluding hydrogens is 388 g/mol. The molecule has 0 atom stereocenters. The van der Waals surface area contributed by atoms with Crippen LogP contribution in [0.15, 0.2) is 29.6 Å². The van der Waals surface area contributed by atoms with Crippen LogP contribution in [0.2, 0.25) is 4.34 Å². The Kier molecular flexibility index (Phi) is 4.44. The van der Waals surface area contributed by atoms with E-state index in [1.54, 1.807) is 32.3 Å². The van der Waals surface area contributed by atoms with Gasteiger partial charge in [-0.1, -0.05) is 23.7 Å². The third-order valence-electron chi connectivity index (χ3n) is 4.29. The van der Waals surface area contributed by atoms with Crippen molar-refractivity contribution in [1.29, 1.82) is 0 Å². The maximum atomic E-state index is 13.2. The van der Waals surface area contributed by atoms with Gasteiger partial charge in [-0.15, -0.1) is 11.3 Å². The van der Waals surface area contributed by atoms with Crippen molar-refractivity contribution in [3.8, 4) is 22.5 Å². The van der Waals surface area contributed by atoms with E-state index in [1.165, 1.54) is 16.5 Å². The zero-order valence-electron chi connectivity index (χ0n) is 14.4. The number of hydrogen-bond acceptors (Lipinski definition) is 6. The van der Waals surface area contributed by atoms with E-state index >= 15 is 0 Å². The molecule has 0 spiro atoms. The largest absolute Gasteiger partial charge is 0.351 e. The summed E-state index contributed by atoms with van der Waals surface area (Å²) >= 11 is 7.40. The van der Waals surface area contributed by atoms with E-state index in [-0.39, 0.29) is 5.78 Å². The van der Waals surface area contributed by atoms with Gasteiger partial charge in [-0.25, -0.2) is 15.6 Å². The molecule has 138 valence electrons. The summed E-state index contributed by atoms with van der Waals surface area (Å²) in [5.41, 5.74) is 9.42. The van der Waals surface area contributed by atoms with Gasteiger partial charge in [0.15, 0.2) is 5.78 Å². The first-order chi connectivity index (χ1) is 13.0. The monoisotopic (exact) mass is 402 g/mol. The fraction of sp³-hybridized carbons (Fsp3) is 0.118. The molecule has 10 heteroatoms. The predicted octanol–water partition coefficient (Wildman–Crippen LogP) is 3.11. The number of hydrazine groups is 2. The normalized spacial score (nSPS) is 12.0. The maximum Gasteiger partial charge on any atom is 0.351 e. The van der Waals surface area contributed by atoms with Gasteiger partial charge in [0.05, 0.1) is 26.8 Å². The first-order valence-electron chi connectivity index (χ1n) is 8.02. The van der Waals surface area contributed by atoms with Crippen molar-refractivity contribution < 1.29 is 9.59 Å². The second-order valence-corrected chi connectivity index (χ2v) is 7.27. The number of hydrogen-bond donors (Lipinski definition) is 4. The van der Waals surface area contributed by atoms with Crippen LogP contribution in [0.4, 0.5) is 10.5 Å². The number of carbonyl (C=O) groups excluding carboxylic acids is 2. The summed E-state index contributed by atoms with van der Waals surface area (Å²) in [4.78, 5) is 25.5. The molecular formula is C17H15ClN6O2S. The van der Waals surface area contributed by atoms with E-state index in [1.807, 2.05) is 11.4 Å². The quantitative estimate of drug-likeness (QED) is 0.393. The predicted molar refractivity (Wildman–Crippen MR) is 105 cm³/mol. The molecule has 0 radical (unpaired) electrons. The van der Waals surface area contributed by atoms with Crippen molar-refractivity contribution in [2.75, 3.05) is 19.4 Å². The molecule has 1 aliphatic carbocycles. The van der Waals surface area contributed by atoms with Gasteiger partial charge in [0.1, 0.15) is 5.69 Å². The Bertz CT molecular complexity index is 1060. The smallest absolute Gasteiger partial charge is 0.305 e. The third kappa shape index (κ3) is 2.81. The molecule has 2 amide bonds. The zero-order valence-corrected chi connectivity index (χ0v) is 16.0. The standard InChI is InChI=1S/C17H15ClN6O2S/c1-19-24(20-2)17(26)21-10-5-3-4-9-12(10)16(25)13-14(22-23-15(9)13)8-6-11(18)27-7-8/h3-7,19-20H,1-2H3,(H,21,26)(H,22,23). The number of fused-ring (bicyclic) bond motifs is 3. The van der Waals surface area contributed by atoms with E-state index in [2.05, 4.69) is 26.4 Å². The number of carbonyl (C=O) groups is 2. The molecule has 4 N–H and O–H groups in total. The number of urea groups is 1. The lowest BCUT2D eigenvalue weighted by Gasteiger charge is -2.20. The van der Waals surface area contributed by atoms with E-state index in [0.29, 0.717) is 38.1 Å². The number of halogens is 1. The van der Waals surface area contributed by atoms with E-state index in [0.717, 1.165) is 5.56 Å². The fourth-order valence-corrected chi connectivity index (χ4v) is 3.99. The number of aromatic nitrogens is 2. The van der Waals surface area contributed by atoms with Gasteiger partial charge in [-0.3, -0.25) is 9.89 Å². The second kappa shape index (κ2) is 6.78. The van der Waals surface area contributed by atoms with E-state index < -0.39 is 6.03 Å². The van der Waals surface area contributed by atoms with Crippen molar-refractivity contribution in [2.45, 2.75) is 0 Å². The number of nitrogens with one attached hydrogen (secondary N) is 4. The van der Waals surface area contributed by atoms with Crippen LogP contribution < -0.4 is 16.2 Å². The average molecular weight is 403 g/mol. The zero-order chi connectivity index (χ0) is 19.1. The van der Waals surface area contributed by atoms with Gasteiger partial charge in [0, 0.05) is 30.6 Å². The molecule has 8 nitrogen and oxygen atoms in total. The molecule has 0 saturated heterocycles. The lowest BCUT2D eigenvalue weighted by Crippen LogP contribution is -2.50. The highest BCUT2D eigenvalue weighted by molar-refractivity contribution is 7.14. The Morgan fingerprint density at radius 3 is 2.70 bits per heavy atom. The summed E-state index contributed by atoms with van der Waals surface area (Å²) in [5.74, 6) is -0.192. The summed E-state index contributed by atoms with van der Waals surface area (Å²) in [6, 6.07) is 6.63. The number of aromatic amines is 1. The van der Waals surface area contributed by atoms with Crippen molar-refractivity contribution >= 4 is 40.4 Å². The molecule has 2 aromatic heterocycles. The second-order valence-electron chi connectivity index (χ2n) is 5.73. The molecule has 2 heterocycles. The number of ketones is 1. The van der Waals surface area contributed by atoms with Crippen molar-refractivity contribution in [2.24, 2.45) is 0 Å². The molecule has 0 aliphatic heterocycles. The number of H-pyrrole nitrogens is 1. The van der Waals surface area contributed by atoms with Crippen LogP contribution in [0, 0.1) is 0 Å². The first kappa shape index (κ1) is 17.7. The number of rotatable bonds is 4. The molecule has 0 unspecified atom stereocenters. The molecule has 1 aromatic carbocycles. The fourth-order valence-electron chi connectivity index (χ4n) is 3.12. The van der Waals surface area contributed by atoms with Crippen LogP contribution in [0.3, 0.4) is 0 Å². The van der Waals surface area contributed by atoms with E-state index in [9.17, 15) is 9.59 Å². The molecule has 27 heavy (non-hydrogen) atoms. The molecule has 0 saturated carbocycles. The minimum absolute atomic E-state index is 0.192. The number of thiophene rings is 1. The summed E-state index contributed by atoms with van der Waals surface area (Å²) in [6.07, 6.45) is 0. The number of amides is 2. The lowest BCUT2D eigenvalue weighted by atomic mass is 10.0. The van der Waals surface area contributed by atoms with Gasteiger partial charge < -0.3 is 5.32 Å².